The van der Waals surface area contributed by atoms with Crippen LogP contribution in [0.5, 0.6) is 0 Å². The Bertz CT molecular complexity index is 662. The van der Waals surface area contributed by atoms with Gasteiger partial charge >= 0.3 is 0 Å². The highest BCUT2D eigenvalue weighted by Crippen LogP contribution is 2.39. The van der Waals surface area contributed by atoms with Crippen LogP contribution in [0.3, 0.4) is 0 Å². The lowest BCUT2D eigenvalue weighted by atomic mass is 9.69. The maximum atomic E-state index is 8.76. The van der Waals surface area contributed by atoms with Gasteiger partial charge in [-0.3, -0.25) is 0 Å². The van der Waals surface area contributed by atoms with Crippen LogP contribution in [0.4, 0.5) is 0 Å². The van der Waals surface area contributed by atoms with Gasteiger partial charge in [0.15, 0.2) is 0 Å². The number of H-pyrrole nitrogens is 1. The summed E-state index contributed by atoms with van der Waals surface area (Å²) >= 11 is 5.37. The minimum Gasteiger partial charge on any atom is -0.398 e. The first-order chi connectivity index (χ1) is 9.89. The van der Waals surface area contributed by atoms with Crippen LogP contribution in [0, 0.1) is 27.3 Å². The fraction of sp³-hybridized carbons (Fsp3) is 0.529. The van der Waals surface area contributed by atoms with E-state index in [4.69, 9.17) is 23.2 Å². The summed E-state index contributed by atoms with van der Waals surface area (Å²) in [6, 6.07) is 4.05. The first-order valence-electron chi connectivity index (χ1n) is 7.49. The Labute approximate surface area is 131 Å². The van der Waals surface area contributed by atoms with Crippen molar-refractivity contribution < 1.29 is 0 Å². The van der Waals surface area contributed by atoms with Crippen molar-refractivity contribution in [1.29, 1.82) is 5.26 Å². The van der Waals surface area contributed by atoms with E-state index in [1.807, 2.05) is 6.07 Å². The first-order valence-corrected chi connectivity index (χ1v) is 7.90. The van der Waals surface area contributed by atoms with E-state index in [1.165, 1.54) is 30.2 Å². The number of aromatic amines is 1. The number of allylic oxidation sites excluding steroid dienone is 1. The van der Waals surface area contributed by atoms with E-state index in [0.29, 0.717) is 21.7 Å². The topological polar surface area (TPSA) is 65.6 Å². The number of rotatable bonds is 3. The molecule has 4 heteroatoms. The van der Waals surface area contributed by atoms with Crippen molar-refractivity contribution in [2.75, 3.05) is 0 Å². The molecule has 0 saturated carbocycles. The Hall–Kier alpha value is -1.60. The molecule has 1 heterocycles. The Morgan fingerprint density at radius 2 is 2.33 bits per heavy atom. The third-order valence-electron chi connectivity index (χ3n) is 4.97. The van der Waals surface area contributed by atoms with Gasteiger partial charge in [0, 0.05) is 17.3 Å². The minimum absolute atomic E-state index is 0.346. The van der Waals surface area contributed by atoms with E-state index in [9.17, 15) is 0 Å². The molecule has 0 radical (unpaired) electrons. The molecule has 1 atom stereocenters. The van der Waals surface area contributed by atoms with E-state index < -0.39 is 0 Å². The molecule has 1 aromatic heterocycles. The minimum atomic E-state index is 0.346. The van der Waals surface area contributed by atoms with E-state index in [1.54, 1.807) is 0 Å². The van der Waals surface area contributed by atoms with Gasteiger partial charge in [0.05, 0.1) is 11.8 Å². The molecule has 1 aromatic rings. The lowest BCUT2D eigenvalue weighted by Gasteiger charge is -2.37. The van der Waals surface area contributed by atoms with Gasteiger partial charge in [-0.1, -0.05) is 39.4 Å². The predicted molar refractivity (Wildman–Crippen MR) is 89.0 cm³/mol. The van der Waals surface area contributed by atoms with Crippen LogP contribution in [0.25, 0.3) is 5.70 Å². The average Bonchev–Trinajstić information content (AvgIpc) is 2.46. The standard InChI is InChI=1S/C17H23N3S/c1-4-17(2,3)12-5-6-15-11(9-12)10-13(16(21)20-15)14(19)7-8-18/h7,10,12H,4-6,9,19H2,1-3H3,(H,20,21)/b14-7-. The van der Waals surface area contributed by atoms with Gasteiger partial charge in [0.1, 0.15) is 4.64 Å². The monoisotopic (exact) mass is 301 g/mol. The highest BCUT2D eigenvalue weighted by molar-refractivity contribution is 7.71. The molecule has 1 aliphatic carbocycles. The number of fused-ring (bicyclic) bond motifs is 1. The maximum absolute atomic E-state index is 8.76. The molecule has 0 bridgehead atoms. The zero-order chi connectivity index (χ0) is 15.6. The Kier molecular flexibility index (Phi) is 4.53. The molecule has 3 N–H and O–H groups in total. The van der Waals surface area contributed by atoms with Crippen molar-refractivity contribution >= 4 is 17.9 Å². The SMILES string of the molecule is CCC(C)(C)C1CCc2[nH]c(=S)c(/C(N)=C/C#N)cc2C1. The quantitative estimate of drug-likeness (QED) is 0.652. The summed E-state index contributed by atoms with van der Waals surface area (Å²) in [6.45, 7) is 6.95. The molecule has 1 unspecified atom stereocenters. The number of nitrogens with zero attached hydrogens (tertiary/aromatic N) is 1. The van der Waals surface area contributed by atoms with Crippen LogP contribution in [-0.4, -0.2) is 4.98 Å². The van der Waals surface area contributed by atoms with Crippen molar-refractivity contribution in [2.45, 2.75) is 46.5 Å². The lowest BCUT2D eigenvalue weighted by Crippen LogP contribution is -2.29. The third-order valence-corrected chi connectivity index (χ3v) is 5.29. The van der Waals surface area contributed by atoms with Gasteiger partial charge < -0.3 is 10.7 Å². The molecule has 0 fully saturated rings. The summed E-state index contributed by atoms with van der Waals surface area (Å²) in [7, 11) is 0. The summed E-state index contributed by atoms with van der Waals surface area (Å²) in [6.07, 6.45) is 5.81. The Morgan fingerprint density at radius 3 is 2.95 bits per heavy atom. The zero-order valence-electron chi connectivity index (χ0n) is 13.0. The van der Waals surface area contributed by atoms with Gasteiger partial charge in [-0.2, -0.15) is 5.26 Å². The van der Waals surface area contributed by atoms with Crippen molar-refractivity contribution in [1.82, 2.24) is 4.98 Å². The number of hydrogen-bond acceptors (Lipinski definition) is 3. The smallest absolute Gasteiger partial charge is 0.112 e. The molecule has 0 spiro atoms. The van der Waals surface area contributed by atoms with Gasteiger partial charge in [0.2, 0.25) is 0 Å². The van der Waals surface area contributed by atoms with Crippen molar-refractivity contribution in [3.8, 4) is 6.07 Å². The van der Waals surface area contributed by atoms with Crippen LogP contribution >= 0.6 is 12.2 Å². The van der Waals surface area contributed by atoms with Gasteiger partial charge in [-0.05, 0) is 42.2 Å². The van der Waals surface area contributed by atoms with Crippen LogP contribution in [0.15, 0.2) is 12.1 Å². The zero-order valence-corrected chi connectivity index (χ0v) is 13.8. The van der Waals surface area contributed by atoms with E-state index in [0.717, 1.165) is 18.4 Å². The predicted octanol–water partition coefficient (Wildman–Crippen LogP) is 4.11. The number of nitrogens with two attached hydrogens (primary N) is 1. The van der Waals surface area contributed by atoms with Crippen LogP contribution < -0.4 is 5.73 Å². The van der Waals surface area contributed by atoms with E-state index in [2.05, 4.69) is 31.8 Å². The van der Waals surface area contributed by atoms with Crippen LogP contribution in [-0.2, 0) is 12.8 Å². The largest absolute Gasteiger partial charge is 0.398 e. The lowest BCUT2D eigenvalue weighted by molar-refractivity contribution is 0.182. The molecule has 0 aromatic carbocycles. The number of hydrogen-bond donors (Lipinski definition) is 2. The molecule has 0 aliphatic heterocycles. The Morgan fingerprint density at radius 1 is 1.62 bits per heavy atom. The second-order valence-electron chi connectivity index (χ2n) is 6.53. The molecule has 2 rings (SSSR count). The number of aryl methyl sites for hydroxylation is 1. The summed E-state index contributed by atoms with van der Waals surface area (Å²) in [4.78, 5) is 3.31. The Balaban J connectivity index is 2.40. The third kappa shape index (κ3) is 3.19. The molecule has 0 saturated heterocycles. The number of pyridine rings is 1. The second kappa shape index (κ2) is 6.03. The van der Waals surface area contributed by atoms with Gasteiger partial charge in [-0.15, -0.1) is 0 Å². The highest BCUT2D eigenvalue weighted by Gasteiger charge is 2.31. The normalized spacial score (nSPS) is 19.0. The van der Waals surface area contributed by atoms with E-state index in [-0.39, 0.29) is 0 Å². The van der Waals surface area contributed by atoms with Crippen LogP contribution in [0.1, 0.15) is 50.4 Å². The summed E-state index contributed by atoms with van der Waals surface area (Å²) in [5.41, 5.74) is 10.0. The molecule has 1 aliphatic rings. The average molecular weight is 301 g/mol. The molecule has 3 nitrogen and oxygen atoms in total. The van der Waals surface area contributed by atoms with E-state index >= 15 is 0 Å². The molecule has 112 valence electrons. The summed E-state index contributed by atoms with van der Waals surface area (Å²) in [5.74, 6) is 0.674. The molecular weight excluding hydrogens is 278 g/mol. The van der Waals surface area contributed by atoms with Crippen molar-refractivity contribution in [2.24, 2.45) is 17.1 Å². The van der Waals surface area contributed by atoms with Gasteiger partial charge in [0.25, 0.3) is 0 Å². The number of nitrogens with one attached hydrogen (secondary N) is 1. The molecular formula is C17H23N3S. The van der Waals surface area contributed by atoms with Crippen molar-refractivity contribution in [3.63, 3.8) is 0 Å². The fourth-order valence-corrected chi connectivity index (χ4v) is 3.32. The molecule has 0 amide bonds. The van der Waals surface area contributed by atoms with Crippen molar-refractivity contribution in [3.05, 3.63) is 33.6 Å². The fourth-order valence-electron chi connectivity index (χ4n) is 3.02. The first kappa shape index (κ1) is 15.8. The summed E-state index contributed by atoms with van der Waals surface area (Å²) in [5, 5.41) is 8.76. The maximum Gasteiger partial charge on any atom is 0.112 e. The van der Waals surface area contributed by atoms with Gasteiger partial charge in [-0.25, -0.2) is 0 Å². The number of aromatic nitrogens is 1. The van der Waals surface area contributed by atoms with Crippen LogP contribution in [0.2, 0.25) is 0 Å². The molecule has 21 heavy (non-hydrogen) atoms. The summed E-state index contributed by atoms with van der Waals surface area (Å²) < 4.78 is 0.631. The second-order valence-corrected chi connectivity index (χ2v) is 6.93. The highest BCUT2D eigenvalue weighted by atomic mass is 32.1. The number of nitriles is 1.